The molecule has 0 bridgehead atoms. The zero-order valence-electron chi connectivity index (χ0n) is 14.1. The van der Waals surface area contributed by atoms with Crippen LogP contribution in [0.3, 0.4) is 0 Å². The second kappa shape index (κ2) is 6.98. The summed E-state index contributed by atoms with van der Waals surface area (Å²) in [6.07, 6.45) is 0.816. The molecular weight excluding hydrogens is 332 g/mol. The average molecular weight is 359 g/mol. The molecule has 2 saturated heterocycles. The van der Waals surface area contributed by atoms with Gasteiger partial charge in [-0.25, -0.2) is 0 Å². The molecule has 1 N–H and O–H groups in total. The van der Waals surface area contributed by atoms with Crippen molar-refractivity contribution < 1.29 is 9.84 Å². The number of hydrogen-bond acceptors (Lipinski definition) is 5. The Morgan fingerprint density at radius 1 is 1.22 bits per heavy atom. The normalized spacial score (nSPS) is 29.7. The van der Waals surface area contributed by atoms with Crippen molar-refractivity contribution in [2.45, 2.75) is 32.4 Å². The molecule has 3 heterocycles. The summed E-state index contributed by atoms with van der Waals surface area (Å²) in [6.45, 7) is 11.3. The molecule has 0 aliphatic carbocycles. The quantitative estimate of drug-likeness (QED) is 0.897. The summed E-state index contributed by atoms with van der Waals surface area (Å²) in [6, 6.07) is 4.07. The molecule has 130 valence electrons. The van der Waals surface area contributed by atoms with Crippen LogP contribution in [0.25, 0.3) is 0 Å². The van der Waals surface area contributed by atoms with E-state index in [0.29, 0.717) is 0 Å². The number of β-amino-alcohol motifs (C(OH)–C–C–N with tert-alkyl or cyclic N) is 1. The van der Waals surface area contributed by atoms with Gasteiger partial charge < -0.3 is 9.84 Å². The molecule has 2 fully saturated rings. The molecule has 2 aliphatic rings. The minimum atomic E-state index is -0.631. The molecule has 23 heavy (non-hydrogen) atoms. The van der Waals surface area contributed by atoms with Crippen molar-refractivity contribution in [3.05, 3.63) is 21.3 Å². The molecule has 1 aromatic rings. The van der Waals surface area contributed by atoms with Crippen LogP contribution in [-0.4, -0.2) is 66.4 Å². The topological polar surface area (TPSA) is 35.9 Å². The Balaban J connectivity index is 1.61. The first-order chi connectivity index (χ1) is 10.9. The van der Waals surface area contributed by atoms with E-state index in [0.717, 1.165) is 63.2 Å². The zero-order valence-corrected chi connectivity index (χ0v) is 15.6. The van der Waals surface area contributed by atoms with Crippen LogP contribution in [0.2, 0.25) is 4.34 Å². The average Bonchev–Trinajstić information content (AvgIpc) is 2.89. The summed E-state index contributed by atoms with van der Waals surface area (Å²) in [5.74, 6) is 0. The number of piperidine rings is 1. The van der Waals surface area contributed by atoms with Gasteiger partial charge in [-0.05, 0) is 18.6 Å². The smallest absolute Gasteiger partial charge is 0.0931 e. The van der Waals surface area contributed by atoms with Gasteiger partial charge >= 0.3 is 0 Å². The minimum absolute atomic E-state index is 0.134. The summed E-state index contributed by atoms with van der Waals surface area (Å²) in [5, 5.41) is 11.3. The number of aliphatic hydroxyl groups is 1. The molecule has 0 saturated carbocycles. The lowest BCUT2D eigenvalue weighted by molar-refractivity contribution is -0.140. The predicted molar refractivity (Wildman–Crippen MR) is 95.2 cm³/mol. The van der Waals surface area contributed by atoms with Crippen LogP contribution in [0.4, 0.5) is 0 Å². The number of hydrogen-bond donors (Lipinski definition) is 1. The van der Waals surface area contributed by atoms with Gasteiger partial charge in [-0.2, -0.15) is 0 Å². The lowest BCUT2D eigenvalue weighted by atomic mass is 9.69. The minimum Gasteiger partial charge on any atom is -0.388 e. The first kappa shape index (κ1) is 17.6. The van der Waals surface area contributed by atoms with Crippen molar-refractivity contribution in [1.29, 1.82) is 0 Å². The lowest BCUT2D eigenvalue weighted by Crippen LogP contribution is -2.62. The van der Waals surface area contributed by atoms with Crippen LogP contribution in [0.15, 0.2) is 12.1 Å². The van der Waals surface area contributed by atoms with E-state index in [1.165, 1.54) is 4.88 Å². The number of halogens is 1. The van der Waals surface area contributed by atoms with E-state index >= 15 is 0 Å². The van der Waals surface area contributed by atoms with Gasteiger partial charge in [-0.15, -0.1) is 11.3 Å². The van der Waals surface area contributed by atoms with Gasteiger partial charge in [0.25, 0.3) is 0 Å². The maximum Gasteiger partial charge on any atom is 0.0931 e. The number of nitrogens with zero attached hydrogens (tertiary/aromatic N) is 2. The number of rotatable bonds is 4. The van der Waals surface area contributed by atoms with E-state index in [9.17, 15) is 5.11 Å². The molecule has 0 unspecified atom stereocenters. The van der Waals surface area contributed by atoms with E-state index in [-0.39, 0.29) is 5.41 Å². The maximum absolute atomic E-state index is 11.3. The van der Waals surface area contributed by atoms with Crippen molar-refractivity contribution >= 4 is 22.9 Å². The number of likely N-dealkylation sites (tertiary alicyclic amines) is 1. The van der Waals surface area contributed by atoms with Gasteiger partial charge in [0.2, 0.25) is 0 Å². The summed E-state index contributed by atoms with van der Waals surface area (Å²) in [5.41, 5.74) is -0.765. The molecule has 2 aliphatic heterocycles. The van der Waals surface area contributed by atoms with Crippen LogP contribution in [0, 0.1) is 5.41 Å². The first-order valence-electron chi connectivity index (χ1n) is 8.37. The third kappa shape index (κ3) is 4.09. The van der Waals surface area contributed by atoms with Crippen LogP contribution in [0.1, 0.15) is 25.1 Å². The lowest BCUT2D eigenvalue weighted by Gasteiger charge is -2.52. The second-order valence-corrected chi connectivity index (χ2v) is 9.27. The van der Waals surface area contributed by atoms with Gasteiger partial charge in [-0.1, -0.05) is 25.4 Å². The Morgan fingerprint density at radius 3 is 2.57 bits per heavy atom. The number of ether oxygens (including phenoxy) is 1. The first-order valence-corrected chi connectivity index (χ1v) is 9.56. The molecule has 0 radical (unpaired) electrons. The number of morpholine rings is 1. The van der Waals surface area contributed by atoms with Crippen LogP contribution >= 0.6 is 22.9 Å². The monoisotopic (exact) mass is 358 g/mol. The molecule has 0 aromatic carbocycles. The molecule has 3 rings (SSSR count). The highest BCUT2D eigenvalue weighted by atomic mass is 35.5. The van der Waals surface area contributed by atoms with E-state index in [4.69, 9.17) is 16.3 Å². The van der Waals surface area contributed by atoms with E-state index in [1.54, 1.807) is 11.3 Å². The third-order valence-corrected chi connectivity index (χ3v) is 6.53. The molecule has 1 atom stereocenters. The van der Waals surface area contributed by atoms with Gasteiger partial charge in [0.1, 0.15) is 0 Å². The molecule has 4 nitrogen and oxygen atoms in total. The maximum atomic E-state index is 11.3. The Kier molecular flexibility index (Phi) is 5.36. The largest absolute Gasteiger partial charge is 0.388 e. The van der Waals surface area contributed by atoms with Crippen molar-refractivity contribution in [2.24, 2.45) is 5.41 Å². The van der Waals surface area contributed by atoms with Crippen LogP contribution < -0.4 is 0 Å². The molecule has 0 spiro atoms. The SMILES string of the molecule is CC1(C)CN(Cc2ccc(Cl)s2)CC[C@]1(O)CN1CCOCC1. The Morgan fingerprint density at radius 2 is 1.96 bits per heavy atom. The zero-order chi connectivity index (χ0) is 16.5. The van der Waals surface area contributed by atoms with Gasteiger partial charge in [-0.3, -0.25) is 9.80 Å². The van der Waals surface area contributed by atoms with Crippen molar-refractivity contribution in [2.75, 3.05) is 45.9 Å². The van der Waals surface area contributed by atoms with Gasteiger partial charge in [0.05, 0.1) is 23.2 Å². The molecular formula is C17H27ClN2O2S. The summed E-state index contributed by atoms with van der Waals surface area (Å²) < 4.78 is 6.27. The standard InChI is InChI=1S/C17H27ClN2O2S/c1-16(2)12-20(11-14-3-4-15(18)23-14)6-5-17(16,21)13-19-7-9-22-10-8-19/h3-4,21H,5-13H2,1-2H3/t17-/m0/s1. The Labute approximate surface area is 148 Å². The Hall–Kier alpha value is -0.170. The van der Waals surface area contributed by atoms with Crippen LogP contribution in [-0.2, 0) is 11.3 Å². The van der Waals surface area contributed by atoms with Crippen molar-refractivity contribution in [3.8, 4) is 0 Å². The Bertz CT molecular complexity index is 530. The molecule has 1 aromatic heterocycles. The highest BCUT2D eigenvalue weighted by Gasteiger charge is 2.48. The van der Waals surface area contributed by atoms with E-state index < -0.39 is 5.60 Å². The fourth-order valence-electron chi connectivity index (χ4n) is 3.68. The van der Waals surface area contributed by atoms with E-state index in [1.807, 2.05) is 6.07 Å². The summed E-state index contributed by atoms with van der Waals surface area (Å²) in [4.78, 5) is 6.08. The predicted octanol–water partition coefficient (Wildman–Crippen LogP) is 2.70. The fourth-order valence-corrected chi connectivity index (χ4v) is 4.81. The summed E-state index contributed by atoms with van der Waals surface area (Å²) >= 11 is 7.68. The van der Waals surface area contributed by atoms with E-state index in [2.05, 4.69) is 29.7 Å². The molecule has 6 heteroatoms. The van der Waals surface area contributed by atoms with Crippen molar-refractivity contribution in [3.63, 3.8) is 0 Å². The highest BCUT2D eigenvalue weighted by Crippen LogP contribution is 2.40. The third-order valence-electron chi connectivity index (χ3n) is 5.32. The second-order valence-electron chi connectivity index (χ2n) is 7.47. The summed E-state index contributed by atoms with van der Waals surface area (Å²) in [7, 11) is 0. The number of thiophene rings is 1. The van der Waals surface area contributed by atoms with Crippen LogP contribution in [0.5, 0.6) is 0 Å². The fraction of sp³-hybridized carbons (Fsp3) is 0.765. The van der Waals surface area contributed by atoms with Gasteiger partial charge in [0, 0.05) is 49.6 Å². The van der Waals surface area contributed by atoms with Gasteiger partial charge in [0.15, 0.2) is 0 Å². The van der Waals surface area contributed by atoms with Crippen molar-refractivity contribution in [1.82, 2.24) is 9.80 Å². The molecule has 0 amide bonds. The highest BCUT2D eigenvalue weighted by molar-refractivity contribution is 7.16.